The summed E-state index contributed by atoms with van der Waals surface area (Å²) in [5.74, 6) is 0.254. The fourth-order valence-electron chi connectivity index (χ4n) is 3.66. The molecule has 2 atom stereocenters. The number of nitrogens with one attached hydrogen (secondary N) is 1. The number of thiazole rings is 1. The SMILES string of the molecule is Cc1nc(-c2ccc(CNC(=O)CCN3C(=O)[C@@H]4CC=CC[C@H]4C3=O)o2)cs1. The summed E-state index contributed by atoms with van der Waals surface area (Å²) < 4.78 is 5.71. The van der Waals surface area contributed by atoms with E-state index in [1.807, 2.05) is 30.5 Å². The molecule has 0 bridgehead atoms. The van der Waals surface area contributed by atoms with Crippen molar-refractivity contribution in [1.29, 1.82) is 0 Å². The number of likely N-dealkylation sites (tertiary alicyclic amines) is 1. The predicted molar refractivity (Wildman–Crippen MR) is 103 cm³/mol. The highest BCUT2D eigenvalue weighted by Crippen LogP contribution is 2.35. The summed E-state index contributed by atoms with van der Waals surface area (Å²) in [4.78, 5) is 42.6. The maximum atomic E-state index is 12.4. The van der Waals surface area contributed by atoms with Crippen LogP contribution in [-0.4, -0.2) is 34.2 Å². The number of aromatic nitrogens is 1. The first kappa shape index (κ1) is 18.6. The summed E-state index contributed by atoms with van der Waals surface area (Å²) in [5.41, 5.74) is 0.780. The van der Waals surface area contributed by atoms with E-state index in [1.165, 1.54) is 4.90 Å². The van der Waals surface area contributed by atoms with E-state index in [9.17, 15) is 14.4 Å². The summed E-state index contributed by atoms with van der Waals surface area (Å²) in [6.07, 6.45) is 5.21. The van der Waals surface area contributed by atoms with Crippen molar-refractivity contribution >= 4 is 29.1 Å². The van der Waals surface area contributed by atoms with Crippen molar-refractivity contribution in [3.63, 3.8) is 0 Å². The Morgan fingerprint density at radius 2 is 1.96 bits per heavy atom. The smallest absolute Gasteiger partial charge is 0.233 e. The zero-order valence-electron chi connectivity index (χ0n) is 15.5. The number of allylic oxidation sites excluding steroid dienone is 2. The van der Waals surface area contributed by atoms with Crippen molar-refractivity contribution < 1.29 is 18.8 Å². The van der Waals surface area contributed by atoms with Gasteiger partial charge in [0.25, 0.3) is 0 Å². The second-order valence-corrected chi connectivity index (χ2v) is 8.09. The molecule has 1 saturated heterocycles. The van der Waals surface area contributed by atoms with Crippen molar-refractivity contribution in [3.8, 4) is 11.5 Å². The fraction of sp³-hybridized carbons (Fsp3) is 0.400. The minimum absolute atomic E-state index is 0.0865. The van der Waals surface area contributed by atoms with Crippen molar-refractivity contribution in [2.45, 2.75) is 32.7 Å². The van der Waals surface area contributed by atoms with Gasteiger partial charge < -0.3 is 9.73 Å². The van der Waals surface area contributed by atoms with Gasteiger partial charge in [-0.25, -0.2) is 4.98 Å². The molecular weight excluding hydrogens is 378 g/mol. The van der Waals surface area contributed by atoms with E-state index in [2.05, 4.69) is 10.3 Å². The first-order chi connectivity index (χ1) is 13.5. The summed E-state index contributed by atoms with van der Waals surface area (Å²) in [6.45, 7) is 2.30. The van der Waals surface area contributed by atoms with Gasteiger partial charge in [0.2, 0.25) is 17.7 Å². The zero-order chi connectivity index (χ0) is 19.7. The number of hydrogen-bond acceptors (Lipinski definition) is 6. The summed E-state index contributed by atoms with van der Waals surface area (Å²) in [7, 11) is 0. The van der Waals surface area contributed by atoms with Crippen LogP contribution in [0.25, 0.3) is 11.5 Å². The van der Waals surface area contributed by atoms with Crippen LogP contribution >= 0.6 is 11.3 Å². The van der Waals surface area contributed by atoms with Gasteiger partial charge in [-0.1, -0.05) is 12.2 Å². The Kier molecular flexibility index (Phi) is 5.13. The number of imide groups is 1. The van der Waals surface area contributed by atoms with Gasteiger partial charge in [0.1, 0.15) is 11.5 Å². The predicted octanol–water partition coefficient (Wildman–Crippen LogP) is 2.67. The van der Waals surface area contributed by atoms with Crippen LogP contribution < -0.4 is 5.32 Å². The molecule has 0 aromatic carbocycles. The van der Waals surface area contributed by atoms with Crippen molar-refractivity contribution in [1.82, 2.24) is 15.2 Å². The Morgan fingerprint density at radius 3 is 2.61 bits per heavy atom. The number of carbonyl (C=O) groups excluding carboxylic acids is 3. The van der Waals surface area contributed by atoms with Crippen LogP contribution in [0.15, 0.2) is 34.1 Å². The van der Waals surface area contributed by atoms with E-state index in [0.29, 0.717) is 24.4 Å². The third kappa shape index (κ3) is 3.64. The maximum Gasteiger partial charge on any atom is 0.233 e. The van der Waals surface area contributed by atoms with Crippen LogP contribution in [0, 0.1) is 18.8 Å². The molecule has 0 radical (unpaired) electrons. The molecule has 2 aliphatic rings. The molecule has 0 saturated carbocycles. The first-order valence-corrected chi connectivity index (χ1v) is 10.2. The number of furan rings is 1. The number of fused-ring (bicyclic) bond motifs is 1. The van der Waals surface area contributed by atoms with Gasteiger partial charge in [0.05, 0.1) is 23.4 Å². The fourth-order valence-corrected chi connectivity index (χ4v) is 4.27. The lowest BCUT2D eigenvalue weighted by atomic mass is 9.85. The van der Waals surface area contributed by atoms with E-state index >= 15 is 0 Å². The molecule has 1 N–H and O–H groups in total. The molecule has 4 rings (SSSR count). The third-order valence-corrected chi connectivity index (χ3v) is 5.93. The zero-order valence-corrected chi connectivity index (χ0v) is 16.3. The van der Waals surface area contributed by atoms with Gasteiger partial charge in [-0.05, 0) is 31.9 Å². The molecule has 3 heterocycles. The molecule has 1 aliphatic heterocycles. The topological polar surface area (TPSA) is 92.5 Å². The molecule has 0 unspecified atom stereocenters. The largest absolute Gasteiger partial charge is 0.458 e. The van der Waals surface area contributed by atoms with Crippen LogP contribution in [0.3, 0.4) is 0 Å². The van der Waals surface area contributed by atoms with Crippen LogP contribution in [0.2, 0.25) is 0 Å². The Labute approximate surface area is 166 Å². The highest BCUT2D eigenvalue weighted by Gasteiger charge is 2.46. The lowest BCUT2D eigenvalue weighted by Crippen LogP contribution is -2.35. The Bertz CT molecular complexity index is 919. The molecule has 8 heteroatoms. The van der Waals surface area contributed by atoms with Crippen molar-refractivity contribution in [2.75, 3.05) is 6.54 Å². The lowest BCUT2D eigenvalue weighted by molar-refractivity contribution is -0.140. The highest BCUT2D eigenvalue weighted by atomic mass is 32.1. The molecule has 1 aliphatic carbocycles. The normalized spacial score (nSPS) is 21.2. The van der Waals surface area contributed by atoms with Crippen molar-refractivity contribution in [3.05, 3.63) is 40.4 Å². The van der Waals surface area contributed by atoms with Gasteiger partial charge >= 0.3 is 0 Å². The number of aryl methyl sites for hydroxylation is 1. The lowest BCUT2D eigenvalue weighted by Gasteiger charge is -2.14. The standard InChI is InChI=1S/C20H21N3O4S/c1-12-22-16(11-28-12)17-7-6-13(27-17)10-21-18(24)8-9-23-19(25)14-4-2-3-5-15(14)20(23)26/h2-3,6-7,11,14-15H,4-5,8-10H2,1H3,(H,21,24)/t14-,15-/m1/s1. The van der Waals surface area contributed by atoms with E-state index < -0.39 is 0 Å². The molecule has 0 spiro atoms. The van der Waals surface area contributed by atoms with Gasteiger partial charge in [-0.2, -0.15) is 0 Å². The van der Waals surface area contributed by atoms with E-state index in [1.54, 1.807) is 17.4 Å². The van der Waals surface area contributed by atoms with Gasteiger partial charge in [-0.3, -0.25) is 19.3 Å². The number of carbonyl (C=O) groups is 3. The molecule has 146 valence electrons. The molecule has 3 amide bonds. The van der Waals surface area contributed by atoms with Gasteiger partial charge in [-0.15, -0.1) is 11.3 Å². The molecule has 1 fully saturated rings. The average Bonchev–Trinajstić information content (AvgIpc) is 3.39. The average molecular weight is 399 g/mol. The monoisotopic (exact) mass is 399 g/mol. The number of nitrogens with zero attached hydrogens (tertiary/aromatic N) is 2. The van der Waals surface area contributed by atoms with Gasteiger partial charge in [0, 0.05) is 18.3 Å². The molecular formula is C20H21N3O4S. The number of rotatable bonds is 6. The van der Waals surface area contributed by atoms with E-state index in [0.717, 1.165) is 10.7 Å². The summed E-state index contributed by atoms with van der Waals surface area (Å²) >= 11 is 1.55. The third-order valence-electron chi connectivity index (χ3n) is 5.15. The van der Waals surface area contributed by atoms with Crippen LogP contribution in [-0.2, 0) is 20.9 Å². The second kappa shape index (κ2) is 7.71. The van der Waals surface area contributed by atoms with E-state index in [4.69, 9.17) is 4.42 Å². The van der Waals surface area contributed by atoms with Crippen molar-refractivity contribution in [2.24, 2.45) is 11.8 Å². The Balaban J connectivity index is 1.27. The summed E-state index contributed by atoms with van der Waals surface area (Å²) in [6, 6.07) is 3.63. The van der Waals surface area contributed by atoms with Crippen LogP contribution in [0.5, 0.6) is 0 Å². The van der Waals surface area contributed by atoms with Crippen LogP contribution in [0.1, 0.15) is 30.0 Å². The minimum atomic E-state index is -0.253. The second-order valence-electron chi connectivity index (χ2n) is 7.03. The first-order valence-electron chi connectivity index (χ1n) is 9.31. The quantitative estimate of drug-likeness (QED) is 0.595. The number of amides is 3. The maximum absolute atomic E-state index is 12.4. The molecule has 2 aromatic heterocycles. The molecule has 2 aromatic rings. The summed E-state index contributed by atoms with van der Waals surface area (Å²) in [5, 5.41) is 5.66. The van der Waals surface area contributed by atoms with E-state index in [-0.39, 0.29) is 49.1 Å². The minimum Gasteiger partial charge on any atom is -0.458 e. The van der Waals surface area contributed by atoms with Gasteiger partial charge in [0.15, 0.2) is 5.76 Å². The molecule has 7 nitrogen and oxygen atoms in total. The Morgan fingerprint density at radius 1 is 1.25 bits per heavy atom. The highest BCUT2D eigenvalue weighted by molar-refractivity contribution is 7.09. The number of hydrogen-bond donors (Lipinski definition) is 1. The Hall–Kier alpha value is -2.74. The molecule has 28 heavy (non-hydrogen) atoms. The van der Waals surface area contributed by atoms with Crippen LogP contribution in [0.4, 0.5) is 0 Å².